The number of aliphatic imine (C=N–C) groups is 1. The van der Waals surface area contributed by atoms with Gasteiger partial charge in [0.25, 0.3) is 0 Å². The molecule has 0 saturated carbocycles. The lowest BCUT2D eigenvalue weighted by molar-refractivity contribution is 0.270. The zero-order valence-electron chi connectivity index (χ0n) is 12.2. The molecule has 21 heavy (non-hydrogen) atoms. The van der Waals surface area contributed by atoms with Crippen LogP contribution in [0.5, 0.6) is 0 Å². The monoisotopic (exact) mass is 305 g/mol. The standard InChI is InChI=1S/C15H20ClN5/c1-11-3-2-6-20(8-11)15(17)18-7-13-10-21-9-12(16)4-5-14(21)19-13/h4-5,9-11H,2-3,6-8H2,1H3,(H2,17,18). The Morgan fingerprint density at radius 1 is 1.48 bits per heavy atom. The number of fused-ring (bicyclic) bond motifs is 1. The van der Waals surface area contributed by atoms with Crippen LogP contribution in [0.25, 0.3) is 5.65 Å². The highest BCUT2D eigenvalue weighted by Gasteiger charge is 2.17. The Balaban J connectivity index is 1.71. The number of halogens is 1. The van der Waals surface area contributed by atoms with Crippen LogP contribution < -0.4 is 5.73 Å². The summed E-state index contributed by atoms with van der Waals surface area (Å²) in [5, 5.41) is 0.691. The average Bonchev–Trinajstić information content (AvgIpc) is 2.86. The van der Waals surface area contributed by atoms with E-state index in [1.54, 1.807) is 0 Å². The number of hydrogen-bond donors (Lipinski definition) is 1. The number of guanidine groups is 1. The maximum atomic E-state index is 6.10. The van der Waals surface area contributed by atoms with Gasteiger partial charge in [0.05, 0.1) is 17.3 Å². The van der Waals surface area contributed by atoms with Gasteiger partial charge in [-0.1, -0.05) is 18.5 Å². The summed E-state index contributed by atoms with van der Waals surface area (Å²) in [5.41, 5.74) is 7.86. The van der Waals surface area contributed by atoms with Crippen molar-refractivity contribution in [1.82, 2.24) is 14.3 Å². The maximum absolute atomic E-state index is 6.10. The number of likely N-dealkylation sites (tertiary alicyclic amines) is 1. The van der Waals surface area contributed by atoms with E-state index in [9.17, 15) is 0 Å². The fraction of sp³-hybridized carbons (Fsp3) is 0.467. The molecule has 2 N–H and O–H groups in total. The molecule has 112 valence electrons. The van der Waals surface area contributed by atoms with E-state index in [0.717, 1.165) is 24.4 Å². The molecule has 0 spiro atoms. The first-order chi connectivity index (χ1) is 10.1. The lowest BCUT2D eigenvalue weighted by atomic mass is 10.0. The van der Waals surface area contributed by atoms with Gasteiger partial charge in [0.2, 0.25) is 0 Å². The van der Waals surface area contributed by atoms with Gasteiger partial charge in [0.15, 0.2) is 5.96 Å². The number of rotatable bonds is 2. The first-order valence-corrected chi connectivity index (χ1v) is 7.67. The van der Waals surface area contributed by atoms with Crippen molar-refractivity contribution in [1.29, 1.82) is 0 Å². The number of nitrogens with two attached hydrogens (primary N) is 1. The third-order valence-corrected chi connectivity index (χ3v) is 4.07. The molecule has 3 heterocycles. The highest BCUT2D eigenvalue weighted by atomic mass is 35.5. The number of hydrogen-bond acceptors (Lipinski definition) is 2. The Hall–Kier alpha value is -1.75. The summed E-state index contributed by atoms with van der Waals surface area (Å²) in [5.74, 6) is 1.31. The second-order valence-corrected chi connectivity index (χ2v) is 6.15. The summed E-state index contributed by atoms with van der Waals surface area (Å²) in [6, 6.07) is 3.73. The van der Waals surface area contributed by atoms with Crippen LogP contribution in [0.1, 0.15) is 25.5 Å². The lowest BCUT2D eigenvalue weighted by Gasteiger charge is -2.31. The Kier molecular flexibility index (Phi) is 4.01. The van der Waals surface area contributed by atoms with Gasteiger partial charge in [-0.15, -0.1) is 0 Å². The summed E-state index contributed by atoms with van der Waals surface area (Å²) in [4.78, 5) is 11.2. The summed E-state index contributed by atoms with van der Waals surface area (Å²) < 4.78 is 1.91. The third kappa shape index (κ3) is 3.29. The van der Waals surface area contributed by atoms with E-state index in [1.807, 2.05) is 28.9 Å². The zero-order chi connectivity index (χ0) is 14.8. The summed E-state index contributed by atoms with van der Waals surface area (Å²) in [6.45, 7) is 4.75. The van der Waals surface area contributed by atoms with E-state index < -0.39 is 0 Å². The molecule has 1 fully saturated rings. The number of nitrogens with zero attached hydrogens (tertiary/aromatic N) is 4. The number of imidazole rings is 1. The largest absolute Gasteiger partial charge is 0.370 e. The average molecular weight is 306 g/mol. The smallest absolute Gasteiger partial charge is 0.191 e. The molecule has 0 aliphatic carbocycles. The first-order valence-electron chi connectivity index (χ1n) is 7.30. The Bertz CT molecular complexity index is 663. The van der Waals surface area contributed by atoms with Gasteiger partial charge in [0, 0.05) is 25.5 Å². The molecule has 6 heteroatoms. The molecule has 1 aliphatic heterocycles. The molecule has 1 unspecified atom stereocenters. The molecule has 2 aromatic heterocycles. The summed E-state index contributed by atoms with van der Waals surface area (Å²) >= 11 is 5.97. The van der Waals surface area contributed by atoms with E-state index in [-0.39, 0.29) is 0 Å². The van der Waals surface area contributed by atoms with Crippen molar-refractivity contribution >= 4 is 23.2 Å². The van der Waals surface area contributed by atoms with Gasteiger partial charge in [-0.2, -0.15) is 0 Å². The molecule has 1 atom stereocenters. The predicted octanol–water partition coefficient (Wildman–Crippen LogP) is 2.53. The molecule has 1 aliphatic rings. The molecular weight excluding hydrogens is 286 g/mol. The van der Waals surface area contributed by atoms with Gasteiger partial charge < -0.3 is 15.0 Å². The van der Waals surface area contributed by atoms with Crippen LogP contribution >= 0.6 is 11.6 Å². The summed E-state index contributed by atoms with van der Waals surface area (Å²) in [7, 11) is 0. The Morgan fingerprint density at radius 3 is 3.14 bits per heavy atom. The molecule has 0 amide bonds. The van der Waals surface area contributed by atoms with Crippen LogP contribution in [0.3, 0.4) is 0 Å². The minimum Gasteiger partial charge on any atom is -0.370 e. The fourth-order valence-corrected chi connectivity index (χ4v) is 2.92. The molecule has 0 aromatic carbocycles. The van der Waals surface area contributed by atoms with Crippen molar-refractivity contribution in [2.75, 3.05) is 13.1 Å². The van der Waals surface area contributed by atoms with Crippen LogP contribution in [0.4, 0.5) is 0 Å². The van der Waals surface area contributed by atoms with Crippen LogP contribution in [0.2, 0.25) is 5.02 Å². The minimum atomic E-state index is 0.496. The minimum absolute atomic E-state index is 0.496. The molecule has 0 radical (unpaired) electrons. The van der Waals surface area contributed by atoms with Crippen molar-refractivity contribution in [3.05, 3.63) is 35.2 Å². The topological polar surface area (TPSA) is 58.9 Å². The highest BCUT2D eigenvalue weighted by molar-refractivity contribution is 6.30. The van der Waals surface area contributed by atoms with Crippen molar-refractivity contribution < 1.29 is 0 Å². The van der Waals surface area contributed by atoms with Crippen molar-refractivity contribution in [3.8, 4) is 0 Å². The van der Waals surface area contributed by atoms with E-state index >= 15 is 0 Å². The second kappa shape index (κ2) is 5.93. The van der Waals surface area contributed by atoms with Crippen LogP contribution in [-0.4, -0.2) is 33.3 Å². The van der Waals surface area contributed by atoms with Crippen molar-refractivity contribution in [2.45, 2.75) is 26.3 Å². The summed E-state index contributed by atoms with van der Waals surface area (Å²) in [6.07, 6.45) is 6.24. The van der Waals surface area contributed by atoms with E-state index in [0.29, 0.717) is 23.4 Å². The SMILES string of the molecule is CC1CCCN(C(N)=NCc2cn3cc(Cl)ccc3n2)C1. The van der Waals surface area contributed by atoms with Gasteiger partial charge in [-0.05, 0) is 30.9 Å². The molecule has 5 nitrogen and oxygen atoms in total. The first kappa shape index (κ1) is 14.2. The van der Waals surface area contributed by atoms with Gasteiger partial charge in [0.1, 0.15) is 5.65 Å². The number of pyridine rings is 1. The molecule has 3 rings (SSSR count). The fourth-order valence-electron chi connectivity index (χ4n) is 2.75. The van der Waals surface area contributed by atoms with Crippen molar-refractivity contribution in [3.63, 3.8) is 0 Å². The molecular formula is C15H20ClN5. The molecule has 2 aromatic rings. The number of piperidine rings is 1. The second-order valence-electron chi connectivity index (χ2n) is 5.71. The van der Waals surface area contributed by atoms with Crippen molar-refractivity contribution in [2.24, 2.45) is 16.6 Å². The predicted molar refractivity (Wildman–Crippen MR) is 85.5 cm³/mol. The van der Waals surface area contributed by atoms with Crippen LogP contribution in [-0.2, 0) is 6.54 Å². The molecule has 0 bridgehead atoms. The normalized spacial score (nSPS) is 20.2. The maximum Gasteiger partial charge on any atom is 0.191 e. The van der Waals surface area contributed by atoms with Gasteiger partial charge >= 0.3 is 0 Å². The highest BCUT2D eigenvalue weighted by Crippen LogP contribution is 2.15. The van der Waals surface area contributed by atoms with E-state index in [2.05, 4.69) is 21.8 Å². The van der Waals surface area contributed by atoms with Gasteiger partial charge in [-0.3, -0.25) is 0 Å². The quantitative estimate of drug-likeness (QED) is 0.685. The van der Waals surface area contributed by atoms with Gasteiger partial charge in [-0.25, -0.2) is 9.98 Å². The Morgan fingerprint density at radius 2 is 2.33 bits per heavy atom. The van der Waals surface area contributed by atoms with Crippen LogP contribution in [0, 0.1) is 5.92 Å². The zero-order valence-corrected chi connectivity index (χ0v) is 12.9. The van der Waals surface area contributed by atoms with E-state index in [4.69, 9.17) is 17.3 Å². The number of aromatic nitrogens is 2. The third-order valence-electron chi connectivity index (χ3n) is 3.85. The van der Waals surface area contributed by atoms with E-state index in [1.165, 1.54) is 12.8 Å². The van der Waals surface area contributed by atoms with Crippen LogP contribution in [0.15, 0.2) is 29.5 Å². The Labute approximate surface area is 129 Å². The lowest BCUT2D eigenvalue weighted by Crippen LogP contribution is -2.43. The molecule has 1 saturated heterocycles.